The van der Waals surface area contributed by atoms with Crippen molar-refractivity contribution in [2.75, 3.05) is 12.0 Å². The number of fused-ring (bicyclic) bond motifs is 2. The van der Waals surface area contributed by atoms with E-state index in [2.05, 4.69) is 4.98 Å². The number of anilines is 1. The number of thiazole rings is 1. The summed E-state index contributed by atoms with van der Waals surface area (Å²) in [6.45, 7) is 3.64. The molecule has 0 aliphatic carbocycles. The van der Waals surface area contributed by atoms with Gasteiger partial charge in [-0.3, -0.25) is 14.5 Å². The Morgan fingerprint density at radius 3 is 2.53 bits per heavy atom. The molecule has 0 saturated heterocycles. The summed E-state index contributed by atoms with van der Waals surface area (Å²) in [7, 11) is 1.29. The van der Waals surface area contributed by atoms with E-state index in [1.165, 1.54) is 12.0 Å². The lowest BCUT2D eigenvalue weighted by molar-refractivity contribution is 0.0605. The minimum Gasteiger partial charge on any atom is -0.465 e. The second-order valence-corrected chi connectivity index (χ2v) is 8.54. The zero-order chi connectivity index (χ0) is 22.6. The normalized spacial score (nSPS) is 15.3. The molecule has 0 fully saturated rings. The van der Waals surface area contributed by atoms with E-state index >= 15 is 0 Å². The van der Waals surface area contributed by atoms with E-state index in [-0.39, 0.29) is 16.8 Å². The lowest BCUT2D eigenvalue weighted by Crippen LogP contribution is -2.29. The summed E-state index contributed by atoms with van der Waals surface area (Å²) in [6, 6.07) is 13.7. The molecule has 8 heteroatoms. The maximum atomic E-state index is 13.5. The molecule has 2 aromatic heterocycles. The van der Waals surface area contributed by atoms with Gasteiger partial charge in [0.1, 0.15) is 10.5 Å². The summed E-state index contributed by atoms with van der Waals surface area (Å²) in [6.07, 6.45) is 0. The minimum atomic E-state index is -0.727. The van der Waals surface area contributed by atoms with E-state index in [1.54, 1.807) is 31.2 Å². The van der Waals surface area contributed by atoms with Crippen LogP contribution in [0, 0.1) is 13.8 Å². The molecule has 0 spiro atoms. The molecular formula is C24H18N2O5S. The highest BCUT2D eigenvalue weighted by Gasteiger charge is 2.45. The van der Waals surface area contributed by atoms with Gasteiger partial charge in [-0.25, -0.2) is 9.78 Å². The van der Waals surface area contributed by atoms with Gasteiger partial charge in [0.05, 0.1) is 29.8 Å². The van der Waals surface area contributed by atoms with Gasteiger partial charge in [-0.2, -0.15) is 0 Å². The summed E-state index contributed by atoms with van der Waals surface area (Å²) in [4.78, 5) is 45.4. The Morgan fingerprint density at radius 2 is 1.81 bits per heavy atom. The number of benzene rings is 2. The van der Waals surface area contributed by atoms with Crippen LogP contribution in [0.4, 0.5) is 5.13 Å². The van der Waals surface area contributed by atoms with Crippen molar-refractivity contribution in [3.05, 3.63) is 91.8 Å². The van der Waals surface area contributed by atoms with E-state index in [0.29, 0.717) is 26.7 Å². The van der Waals surface area contributed by atoms with Crippen molar-refractivity contribution in [1.29, 1.82) is 0 Å². The van der Waals surface area contributed by atoms with E-state index in [1.807, 2.05) is 31.2 Å². The third kappa shape index (κ3) is 2.95. The van der Waals surface area contributed by atoms with Crippen LogP contribution in [-0.4, -0.2) is 24.0 Å². The number of carbonyl (C=O) groups excluding carboxylic acids is 2. The van der Waals surface area contributed by atoms with Crippen molar-refractivity contribution in [3.8, 4) is 0 Å². The molecule has 32 heavy (non-hydrogen) atoms. The first kappa shape index (κ1) is 20.1. The zero-order valence-electron chi connectivity index (χ0n) is 17.5. The fourth-order valence-corrected chi connectivity index (χ4v) is 4.96. The van der Waals surface area contributed by atoms with Gasteiger partial charge < -0.3 is 9.15 Å². The Bertz CT molecular complexity index is 1450. The maximum Gasteiger partial charge on any atom is 0.350 e. The number of aryl methyl sites for hydroxylation is 2. The molecule has 4 aromatic rings. The van der Waals surface area contributed by atoms with Gasteiger partial charge in [0, 0.05) is 0 Å². The Morgan fingerprint density at radius 1 is 1.09 bits per heavy atom. The van der Waals surface area contributed by atoms with Crippen LogP contribution in [0.15, 0.2) is 57.7 Å². The van der Waals surface area contributed by atoms with Crippen LogP contribution >= 0.6 is 11.3 Å². The molecule has 1 amide bonds. The quantitative estimate of drug-likeness (QED) is 0.433. The van der Waals surface area contributed by atoms with Gasteiger partial charge in [0.15, 0.2) is 10.6 Å². The van der Waals surface area contributed by atoms with E-state index in [9.17, 15) is 14.4 Å². The molecule has 160 valence electrons. The Labute approximate surface area is 186 Å². The molecule has 1 atom stereocenters. The monoisotopic (exact) mass is 446 g/mol. The third-order valence-corrected chi connectivity index (χ3v) is 6.67. The molecule has 0 saturated carbocycles. The van der Waals surface area contributed by atoms with Crippen molar-refractivity contribution < 1.29 is 18.7 Å². The summed E-state index contributed by atoms with van der Waals surface area (Å²) in [5, 5.41) is 0.705. The molecule has 0 radical (unpaired) electrons. The number of para-hydroxylation sites is 1. The first-order chi connectivity index (χ1) is 15.4. The first-order valence-corrected chi connectivity index (χ1v) is 10.7. The third-order valence-electron chi connectivity index (χ3n) is 5.53. The van der Waals surface area contributed by atoms with E-state index < -0.39 is 17.9 Å². The van der Waals surface area contributed by atoms with Crippen LogP contribution in [0.5, 0.6) is 0 Å². The van der Waals surface area contributed by atoms with Crippen molar-refractivity contribution in [3.63, 3.8) is 0 Å². The molecule has 0 N–H and O–H groups in total. The zero-order valence-corrected chi connectivity index (χ0v) is 18.4. The SMILES string of the molecule is COC(=O)c1sc(N2C(=O)c3oc4ccccc4c(=O)c3[C@H]2c2ccc(C)cc2)nc1C. The van der Waals surface area contributed by atoms with Gasteiger partial charge in [0.2, 0.25) is 5.76 Å². The number of hydrogen-bond acceptors (Lipinski definition) is 7. The lowest BCUT2D eigenvalue weighted by atomic mass is 9.98. The van der Waals surface area contributed by atoms with Gasteiger partial charge in [-0.15, -0.1) is 0 Å². The van der Waals surface area contributed by atoms with Crippen LogP contribution in [0.3, 0.4) is 0 Å². The number of hydrogen-bond donors (Lipinski definition) is 0. The predicted molar refractivity (Wildman–Crippen MR) is 121 cm³/mol. The highest BCUT2D eigenvalue weighted by atomic mass is 32.1. The highest BCUT2D eigenvalue weighted by Crippen LogP contribution is 2.43. The summed E-state index contributed by atoms with van der Waals surface area (Å²) < 4.78 is 10.8. The van der Waals surface area contributed by atoms with Crippen molar-refractivity contribution >= 4 is 39.3 Å². The second kappa shape index (κ2) is 7.42. The number of ether oxygens (including phenoxy) is 1. The number of rotatable bonds is 3. The maximum absolute atomic E-state index is 13.5. The number of amides is 1. The van der Waals surface area contributed by atoms with Crippen molar-refractivity contribution in [2.45, 2.75) is 19.9 Å². The average Bonchev–Trinajstić information content (AvgIpc) is 3.31. The summed E-state index contributed by atoms with van der Waals surface area (Å²) in [5.74, 6) is -1.01. The Hall–Kier alpha value is -3.78. The number of carbonyl (C=O) groups is 2. The topological polar surface area (TPSA) is 89.7 Å². The Balaban J connectivity index is 1.78. The van der Waals surface area contributed by atoms with Crippen LogP contribution in [0.25, 0.3) is 11.0 Å². The highest BCUT2D eigenvalue weighted by molar-refractivity contribution is 7.17. The van der Waals surface area contributed by atoms with Crippen LogP contribution in [0.2, 0.25) is 0 Å². The fraction of sp³-hybridized carbons (Fsp3) is 0.167. The average molecular weight is 446 g/mol. The molecule has 7 nitrogen and oxygen atoms in total. The predicted octanol–water partition coefficient (Wildman–Crippen LogP) is 4.40. The number of nitrogens with zero attached hydrogens (tertiary/aromatic N) is 2. The first-order valence-electron chi connectivity index (χ1n) is 9.92. The molecule has 5 rings (SSSR count). The molecule has 1 aliphatic rings. The van der Waals surface area contributed by atoms with Crippen molar-refractivity contribution in [2.24, 2.45) is 0 Å². The van der Waals surface area contributed by atoms with E-state index in [0.717, 1.165) is 22.5 Å². The minimum absolute atomic E-state index is 0.00764. The molecule has 0 bridgehead atoms. The van der Waals surface area contributed by atoms with Gasteiger partial charge in [-0.1, -0.05) is 53.3 Å². The molecule has 2 aromatic carbocycles. The summed E-state index contributed by atoms with van der Waals surface area (Å²) in [5.41, 5.74) is 2.60. The van der Waals surface area contributed by atoms with Gasteiger partial charge in [0.25, 0.3) is 5.91 Å². The van der Waals surface area contributed by atoms with Crippen LogP contribution < -0.4 is 10.3 Å². The lowest BCUT2D eigenvalue weighted by Gasteiger charge is -2.22. The smallest absolute Gasteiger partial charge is 0.350 e. The molecule has 3 heterocycles. The van der Waals surface area contributed by atoms with E-state index in [4.69, 9.17) is 9.15 Å². The number of aromatic nitrogens is 1. The molecular weight excluding hydrogens is 428 g/mol. The van der Waals surface area contributed by atoms with Gasteiger partial charge in [-0.05, 0) is 31.5 Å². The van der Waals surface area contributed by atoms with Crippen LogP contribution in [-0.2, 0) is 4.74 Å². The Kier molecular flexibility index (Phi) is 4.67. The second-order valence-electron chi connectivity index (χ2n) is 7.56. The van der Waals surface area contributed by atoms with Crippen molar-refractivity contribution in [1.82, 2.24) is 4.98 Å². The van der Waals surface area contributed by atoms with Crippen LogP contribution in [0.1, 0.15) is 48.7 Å². The summed E-state index contributed by atoms with van der Waals surface area (Å²) >= 11 is 1.05. The fourth-order valence-electron chi connectivity index (χ4n) is 3.95. The molecule has 1 aliphatic heterocycles. The molecule has 0 unspecified atom stereocenters. The largest absolute Gasteiger partial charge is 0.465 e. The number of methoxy groups -OCH3 is 1. The van der Waals surface area contributed by atoms with Gasteiger partial charge >= 0.3 is 5.97 Å². The number of esters is 1. The standard InChI is InChI=1S/C24H18N2O5S/c1-12-8-10-14(11-9-12)18-17-19(27)15-6-4-5-7-16(15)31-20(17)22(28)26(18)24-25-13(2)21(32-24)23(29)30-3/h4-11,18H,1-3H3/t18-/m1/s1.